The molecule has 0 saturated heterocycles. The Morgan fingerprint density at radius 1 is 1.43 bits per heavy atom. The van der Waals surface area contributed by atoms with Gasteiger partial charge in [0.05, 0.1) is 11.1 Å². The van der Waals surface area contributed by atoms with E-state index in [4.69, 9.17) is 5.11 Å². The van der Waals surface area contributed by atoms with Crippen molar-refractivity contribution in [2.45, 2.75) is 0 Å². The predicted octanol–water partition coefficient (Wildman–Crippen LogP) is 1.66. The van der Waals surface area contributed by atoms with Crippen LogP contribution in [0, 0.1) is 0 Å². The molecule has 2 aromatic rings. The molecule has 0 unspecified atom stereocenters. The van der Waals surface area contributed by atoms with Gasteiger partial charge in [-0.2, -0.15) is 5.10 Å². The molecule has 0 atom stereocenters. The summed E-state index contributed by atoms with van der Waals surface area (Å²) < 4.78 is 0. The van der Waals surface area contributed by atoms with Gasteiger partial charge in [0.1, 0.15) is 5.69 Å². The molecule has 0 amide bonds. The van der Waals surface area contributed by atoms with Gasteiger partial charge in [0.2, 0.25) is 0 Å². The lowest BCUT2D eigenvalue weighted by Crippen LogP contribution is -1.98. The highest BCUT2D eigenvalue weighted by Gasteiger charge is 2.13. The van der Waals surface area contributed by atoms with E-state index in [0.717, 1.165) is 10.9 Å². The second-order valence-corrected chi connectivity index (χ2v) is 2.90. The van der Waals surface area contributed by atoms with Crippen LogP contribution >= 0.6 is 0 Å². The highest BCUT2D eigenvalue weighted by Crippen LogP contribution is 2.20. The maximum atomic E-state index is 10.7. The van der Waals surface area contributed by atoms with Crippen molar-refractivity contribution in [2.75, 3.05) is 0 Å². The van der Waals surface area contributed by atoms with Crippen molar-refractivity contribution in [3.63, 3.8) is 0 Å². The molecule has 0 aliphatic carbocycles. The quantitative estimate of drug-likeness (QED) is 0.704. The summed E-state index contributed by atoms with van der Waals surface area (Å²) in [6.45, 7) is 3.46. The second-order valence-electron chi connectivity index (χ2n) is 2.90. The summed E-state index contributed by atoms with van der Waals surface area (Å²) in [5.41, 5.74) is 1.21. The molecule has 4 nitrogen and oxygen atoms in total. The minimum atomic E-state index is -1.05. The first-order chi connectivity index (χ1) is 6.70. The summed E-state index contributed by atoms with van der Waals surface area (Å²) in [4.78, 5) is 10.7. The van der Waals surface area contributed by atoms with Crippen LogP contribution in [0.25, 0.3) is 16.5 Å². The summed E-state index contributed by atoms with van der Waals surface area (Å²) in [5.74, 6) is -1.05. The molecule has 0 aliphatic heterocycles. The number of carboxylic acid groups (broad SMARTS) is 1. The van der Waals surface area contributed by atoms with Crippen molar-refractivity contribution >= 4 is 22.4 Å². The second kappa shape index (κ2) is 2.99. The topological polar surface area (TPSA) is 66.0 Å². The standard InChI is InChI=1S/C10H8N2O2/c1-6(10(13)14)9-7-4-2-3-5-8(7)11-12-9/h2-5H,1H2,(H,11,12)(H,13,14). The zero-order valence-corrected chi connectivity index (χ0v) is 7.32. The van der Waals surface area contributed by atoms with Crippen molar-refractivity contribution < 1.29 is 9.90 Å². The fraction of sp³-hybridized carbons (Fsp3) is 0. The van der Waals surface area contributed by atoms with Crippen molar-refractivity contribution in [1.82, 2.24) is 10.2 Å². The van der Waals surface area contributed by atoms with E-state index in [9.17, 15) is 4.79 Å². The SMILES string of the molecule is C=C(C(=O)O)c1n[nH]c2ccccc12. The Bertz CT molecular complexity index is 514. The van der Waals surface area contributed by atoms with Gasteiger partial charge >= 0.3 is 5.97 Å². The van der Waals surface area contributed by atoms with Gasteiger partial charge in [-0.05, 0) is 6.07 Å². The molecule has 1 aromatic heterocycles. The molecule has 1 aromatic carbocycles. The van der Waals surface area contributed by atoms with Crippen molar-refractivity contribution in [3.05, 3.63) is 36.5 Å². The van der Waals surface area contributed by atoms with E-state index in [1.54, 1.807) is 0 Å². The number of hydrogen-bond acceptors (Lipinski definition) is 2. The highest BCUT2D eigenvalue weighted by molar-refractivity contribution is 6.17. The lowest BCUT2D eigenvalue weighted by molar-refractivity contribution is -0.130. The number of carboxylic acids is 1. The lowest BCUT2D eigenvalue weighted by Gasteiger charge is -1.94. The molecule has 0 spiro atoms. The van der Waals surface area contributed by atoms with Crippen LogP contribution in [0.4, 0.5) is 0 Å². The summed E-state index contributed by atoms with van der Waals surface area (Å²) in [6, 6.07) is 7.33. The highest BCUT2D eigenvalue weighted by atomic mass is 16.4. The van der Waals surface area contributed by atoms with Crippen LogP contribution in [-0.2, 0) is 4.79 Å². The molecule has 2 rings (SSSR count). The molecular weight excluding hydrogens is 180 g/mol. The molecule has 0 saturated carbocycles. The number of H-pyrrole nitrogens is 1. The molecular formula is C10H8N2O2. The largest absolute Gasteiger partial charge is 0.478 e. The number of aromatic nitrogens is 2. The number of aliphatic carboxylic acids is 1. The molecule has 0 radical (unpaired) electrons. The van der Waals surface area contributed by atoms with Gasteiger partial charge in [-0.3, -0.25) is 5.10 Å². The van der Waals surface area contributed by atoms with Gasteiger partial charge in [-0.15, -0.1) is 0 Å². The normalized spacial score (nSPS) is 10.3. The summed E-state index contributed by atoms with van der Waals surface area (Å²) >= 11 is 0. The van der Waals surface area contributed by atoms with Crippen LogP contribution in [0.1, 0.15) is 5.69 Å². The van der Waals surface area contributed by atoms with E-state index in [1.165, 1.54) is 0 Å². The van der Waals surface area contributed by atoms with Gasteiger partial charge in [0.15, 0.2) is 0 Å². The van der Waals surface area contributed by atoms with E-state index < -0.39 is 5.97 Å². The van der Waals surface area contributed by atoms with Crippen molar-refractivity contribution in [2.24, 2.45) is 0 Å². The first-order valence-corrected chi connectivity index (χ1v) is 4.06. The van der Waals surface area contributed by atoms with Crippen LogP contribution < -0.4 is 0 Å². The molecule has 0 fully saturated rings. The number of fused-ring (bicyclic) bond motifs is 1. The Balaban J connectivity index is 2.64. The Morgan fingerprint density at radius 2 is 2.14 bits per heavy atom. The average molecular weight is 188 g/mol. The minimum absolute atomic E-state index is 0.00227. The molecule has 4 heteroatoms. The summed E-state index contributed by atoms with van der Waals surface area (Å²) in [7, 11) is 0. The third-order valence-electron chi connectivity index (χ3n) is 2.01. The number of carbonyl (C=O) groups is 1. The number of benzene rings is 1. The third kappa shape index (κ3) is 1.17. The smallest absolute Gasteiger partial charge is 0.337 e. The molecule has 70 valence electrons. The third-order valence-corrected chi connectivity index (χ3v) is 2.01. The van der Waals surface area contributed by atoms with E-state index in [0.29, 0.717) is 5.69 Å². The van der Waals surface area contributed by atoms with Gasteiger partial charge < -0.3 is 5.11 Å². The average Bonchev–Trinajstić information content (AvgIpc) is 2.60. The minimum Gasteiger partial charge on any atom is -0.478 e. The number of nitrogens with one attached hydrogen (secondary N) is 1. The van der Waals surface area contributed by atoms with Gasteiger partial charge in [-0.25, -0.2) is 4.79 Å². The van der Waals surface area contributed by atoms with Crippen molar-refractivity contribution in [1.29, 1.82) is 0 Å². The Labute approximate surface area is 79.9 Å². The Hall–Kier alpha value is -2.10. The summed E-state index contributed by atoms with van der Waals surface area (Å²) in [6.07, 6.45) is 0. The maximum absolute atomic E-state index is 10.7. The van der Waals surface area contributed by atoms with Crippen LogP contribution in [0.15, 0.2) is 30.8 Å². The molecule has 2 N–H and O–H groups in total. The molecule has 0 bridgehead atoms. The first kappa shape index (κ1) is 8.50. The Morgan fingerprint density at radius 3 is 2.86 bits per heavy atom. The Kier molecular flexibility index (Phi) is 1.81. The summed E-state index contributed by atoms with van der Waals surface area (Å²) in [5, 5.41) is 16.2. The monoisotopic (exact) mass is 188 g/mol. The predicted molar refractivity (Wildman–Crippen MR) is 52.8 cm³/mol. The van der Waals surface area contributed by atoms with Crippen LogP contribution in [-0.4, -0.2) is 21.3 Å². The van der Waals surface area contributed by atoms with E-state index in [1.807, 2.05) is 24.3 Å². The van der Waals surface area contributed by atoms with E-state index in [-0.39, 0.29) is 5.57 Å². The van der Waals surface area contributed by atoms with Crippen molar-refractivity contribution in [3.8, 4) is 0 Å². The molecule has 0 aliphatic rings. The maximum Gasteiger partial charge on any atom is 0.337 e. The van der Waals surface area contributed by atoms with Gasteiger partial charge in [0.25, 0.3) is 0 Å². The fourth-order valence-electron chi connectivity index (χ4n) is 1.29. The zero-order valence-electron chi connectivity index (χ0n) is 7.32. The van der Waals surface area contributed by atoms with Gasteiger partial charge in [-0.1, -0.05) is 24.8 Å². The van der Waals surface area contributed by atoms with E-state index in [2.05, 4.69) is 16.8 Å². The number of nitrogens with zero attached hydrogens (tertiary/aromatic N) is 1. The molecule has 1 heterocycles. The van der Waals surface area contributed by atoms with Crippen LogP contribution in [0.3, 0.4) is 0 Å². The fourth-order valence-corrected chi connectivity index (χ4v) is 1.29. The zero-order chi connectivity index (χ0) is 10.1. The van der Waals surface area contributed by atoms with Crippen LogP contribution in [0.5, 0.6) is 0 Å². The van der Waals surface area contributed by atoms with Gasteiger partial charge in [0, 0.05) is 5.39 Å². The number of rotatable bonds is 2. The number of aromatic amines is 1. The first-order valence-electron chi connectivity index (χ1n) is 4.06. The van der Waals surface area contributed by atoms with Crippen LogP contribution in [0.2, 0.25) is 0 Å². The number of hydrogen-bond donors (Lipinski definition) is 2. The van der Waals surface area contributed by atoms with E-state index >= 15 is 0 Å². The lowest BCUT2D eigenvalue weighted by atomic mass is 10.1. The molecule has 14 heavy (non-hydrogen) atoms. The number of para-hydroxylation sites is 1.